The van der Waals surface area contributed by atoms with Gasteiger partial charge in [-0.15, -0.1) is 0 Å². The van der Waals surface area contributed by atoms with Crippen LogP contribution in [0, 0.1) is 11.6 Å². The average molecular weight is 311 g/mol. The molecular weight excluding hydrogens is 292 g/mol. The molecule has 2 N–H and O–H groups in total. The molecule has 0 saturated heterocycles. The van der Waals surface area contributed by atoms with Gasteiger partial charge in [-0.25, -0.2) is 8.78 Å². The van der Waals surface area contributed by atoms with Crippen molar-refractivity contribution in [3.8, 4) is 0 Å². The van der Waals surface area contributed by atoms with E-state index in [1.165, 1.54) is 6.07 Å². The molecule has 6 heteroatoms. The summed E-state index contributed by atoms with van der Waals surface area (Å²) < 4.78 is 25.8. The standard InChI is InChI=1S/C16H19F2NO3/c17-12-4-3-11(9-13(12)18)14(20)5-6-15(21)19-10-16(22)7-1-2-8-16/h3-4,9,22H,1-2,5-8,10H2,(H,19,21). The first-order chi connectivity index (χ1) is 10.4. The van der Waals surface area contributed by atoms with Crippen LogP contribution in [0.15, 0.2) is 18.2 Å². The molecule has 0 aromatic heterocycles. The number of hydrogen-bond acceptors (Lipinski definition) is 3. The van der Waals surface area contributed by atoms with Crippen LogP contribution in [0.25, 0.3) is 0 Å². The lowest BCUT2D eigenvalue weighted by Crippen LogP contribution is -2.40. The predicted molar refractivity (Wildman–Crippen MR) is 76.4 cm³/mol. The maximum Gasteiger partial charge on any atom is 0.220 e. The van der Waals surface area contributed by atoms with E-state index in [4.69, 9.17) is 0 Å². The Morgan fingerprint density at radius 3 is 2.45 bits per heavy atom. The van der Waals surface area contributed by atoms with E-state index in [1.807, 2.05) is 0 Å². The zero-order valence-corrected chi connectivity index (χ0v) is 12.2. The van der Waals surface area contributed by atoms with Crippen LogP contribution in [0.4, 0.5) is 8.78 Å². The van der Waals surface area contributed by atoms with Crippen molar-refractivity contribution in [1.29, 1.82) is 0 Å². The molecule has 0 aliphatic heterocycles. The molecule has 1 amide bonds. The molecule has 0 atom stereocenters. The number of carbonyl (C=O) groups excluding carboxylic acids is 2. The van der Waals surface area contributed by atoms with E-state index >= 15 is 0 Å². The summed E-state index contributed by atoms with van der Waals surface area (Å²) in [4.78, 5) is 23.5. The topological polar surface area (TPSA) is 66.4 Å². The fourth-order valence-corrected chi connectivity index (χ4v) is 2.60. The predicted octanol–water partition coefficient (Wildman–Crippen LogP) is 2.35. The zero-order valence-electron chi connectivity index (χ0n) is 12.2. The SMILES string of the molecule is O=C(CCC(=O)c1ccc(F)c(F)c1)NCC1(O)CCCC1. The van der Waals surface area contributed by atoms with E-state index in [0.29, 0.717) is 12.8 Å². The molecule has 2 rings (SSSR count). The van der Waals surface area contributed by atoms with Crippen LogP contribution >= 0.6 is 0 Å². The minimum absolute atomic E-state index is 0.0427. The van der Waals surface area contributed by atoms with E-state index in [0.717, 1.165) is 25.0 Å². The van der Waals surface area contributed by atoms with Gasteiger partial charge in [0, 0.05) is 24.9 Å². The molecule has 1 aromatic carbocycles. The minimum Gasteiger partial charge on any atom is -0.388 e. The van der Waals surface area contributed by atoms with E-state index in [2.05, 4.69) is 5.32 Å². The van der Waals surface area contributed by atoms with Gasteiger partial charge in [-0.1, -0.05) is 12.8 Å². The molecule has 0 bridgehead atoms. The summed E-state index contributed by atoms with van der Waals surface area (Å²) in [5, 5.41) is 12.7. The zero-order chi connectivity index (χ0) is 16.2. The normalized spacial score (nSPS) is 16.5. The first-order valence-corrected chi connectivity index (χ1v) is 7.37. The molecule has 1 aliphatic carbocycles. The first-order valence-electron chi connectivity index (χ1n) is 7.37. The van der Waals surface area contributed by atoms with Crippen LogP contribution in [0.5, 0.6) is 0 Å². The van der Waals surface area contributed by atoms with E-state index in [9.17, 15) is 23.5 Å². The average Bonchev–Trinajstić information content (AvgIpc) is 2.93. The monoisotopic (exact) mass is 311 g/mol. The van der Waals surface area contributed by atoms with Crippen LogP contribution in [0.1, 0.15) is 48.9 Å². The molecule has 0 unspecified atom stereocenters. The van der Waals surface area contributed by atoms with Gasteiger partial charge in [-0.05, 0) is 31.0 Å². The van der Waals surface area contributed by atoms with Gasteiger partial charge in [0.1, 0.15) is 0 Å². The highest BCUT2D eigenvalue weighted by atomic mass is 19.2. The number of hydrogen-bond donors (Lipinski definition) is 2. The highest BCUT2D eigenvalue weighted by molar-refractivity contribution is 5.97. The molecular formula is C16H19F2NO3. The smallest absolute Gasteiger partial charge is 0.220 e. The van der Waals surface area contributed by atoms with Crippen LogP contribution in [0.2, 0.25) is 0 Å². The number of benzene rings is 1. The fraction of sp³-hybridized carbons (Fsp3) is 0.500. The molecule has 0 spiro atoms. The quantitative estimate of drug-likeness (QED) is 0.793. The van der Waals surface area contributed by atoms with Crippen LogP contribution < -0.4 is 5.32 Å². The minimum atomic E-state index is -1.08. The van der Waals surface area contributed by atoms with E-state index < -0.39 is 23.0 Å². The van der Waals surface area contributed by atoms with Gasteiger partial charge in [-0.2, -0.15) is 0 Å². The summed E-state index contributed by atoms with van der Waals surface area (Å²) in [5.74, 6) is -2.86. The maximum absolute atomic E-state index is 13.0. The second-order valence-electron chi connectivity index (χ2n) is 5.76. The van der Waals surface area contributed by atoms with Gasteiger partial charge in [-0.3, -0.25) is 9.59 Å². The van der Waals surface area contributed by atoms with Gasteiger partial charge in [0.15, 0.2) is 17.4 Å². The third kappa shape index (κ3) is 4.34. The number of ketones is 1. The number of nitrogens with one attached hydrogen (secondary N) is 1. The second-order valence-corrected chi connectivity index (χ2v) is 5.76. The largest absolute Gasteiger partial charge is 0.388 e. The Balaban J connectivity index is 1.78. The molecule has 1 aromatic rings. The third-order valence-corrected chi connectivity index (χ3v) is 3.97. The Labute approximate surface area is 127 Å². The van der Waals surface area contributed by atoms with Crippen molar-refractivity contribution in [2.75, 3.05) is 6.54 Å². The maximum atomic E-state index is 13.0. The Kier molecular flexibility index (Phi) is 5.24. The van der Waals surface area contributed by atoms with Gasteiger partial charge in [0.05, 0.1) is 5.60 Å². The first kappa shape index (κ1) is 16.5. The van der Waals surface area contributed by atoms with Gasteiger partial charge >= 0.3 is 0 Å². The van der Waals surface area contributed by atoms with Crippen molar-refractivity contribution in [3.63, 3.8) is 0 Å². The molecule has 0 heterocycles. The molecule has 120 valence electrons. The van der Waals surface area contributed by atoms with Crippen LogP contribution in [0.3, 0.4) is 0 Å². The van der Waals surface area contributed by atoms with Crippen LogP contribution in [-0.2, 0) is 4.79 Å². The number of aliphatic hydroxyl groups is 1. The summed E-state index contributed by atoms with van der Waals surface area (Å²) in [6.45, 7) is 0.186. The van der Waals surface area contributed by atoms with Crippen molar-refractivity contribution >= 4 is 11.7 Å². The summed E-state index contributed by atoms with van der Waals surface area (Å²) >= 11 is 0. The summed E-state index contributed by atoms with van der Waals surface area (Å²) in [6.07, 6.45) is 3.09. The lowest BCUT2D eigenvalue weighted by Gasteiger charge is -2.22. The Morgan fingerprint density at radius 1 is 1.14 bits per heavy atom. The lowest BCUT2D eigenvalue weighted by atomic mass is 10.0. The number of carbonyl (C=O) groups is 2. The third-order valence-electron chi connectivity index (χ3n) is 3.97. The molecule has 1 aliphatic rings. The van der Waals surface area contributed by atoms with Crippen molar-refractivity contribution in [1.82, 2.24) is 5.32 Å². The Hall–Kier alpha value is -1.82. The van der Waals surface area contributed by atoms with Crippen molar-refractivity contribution in [2.45, 2.75) is 44.1 Å². The van der Waals surface area contributed by atoms with Gasteiger partial charge < -0.3 is 10.4 Å². The van der Waals surface area contributed by atoms with Gasteiger partial charge in [0.25, 0.3) is 0 Å². The molecule has 1 fully saturated rings. The number of Topliss-reactive ketones (excluding diaryl/α,β-unsaturated/α-hetero) is 1. The highest BCUT2D eigenvalue weighted by Crippen LogP contribution is 2.28. The van der Waals surface area contributed by atoms with Crippen LogP contribution in [-0.4, -0.2) is 28.9 Å². The summed E-state index contributed by atoms with van der Waals surface area (Å²) in [7, 11) is 0. The number of amides is 1. The van der Waals surface area contributed by atoms with Gasteiger partial charge in [0.2, 0.25) is 5.91 Å². The molecule has 4 nitrogen and oxygen atoms in total. The van der Waals surface area contributed by atoms with Crippen molar-refractivity contribution in [2.24, 2.45) is 0 Å². The highest BCUT2D eigenvalue weighted by Gasteiger charge is 2.31. The summed E-state index contributed by atoms with van der Waals surface area (Å²) in [6, 6.07) is 2.91. The fourth-order valence-electron chi connectivity index (χ4n) is 2.60. The number of halogens is 2. The Morgan fingerprint density at radius 2 is 1.82 bits per heavy atom. The second kappa shape index (κ2) is 6.96. The van der Waals surface area contributed by atoms with E-state index in [1.54, 1.807) is 0 Å². The molecule has 22 heavy (non-hydrogen) atoms. The molecule has 0 radical (unpaired) electrons. The molecule has 1 saturated carbocycles. The van der Waals surface area contributed by atoms with E-state index in [-0.39, 0.29) is 30.9 Å². The summed E-state index contributed by atoms with van der Waals surface area (Å²) in [5.41, 5.74) is -0.791. The number of rotatable bonds is 6. The van der Waals surface area contributed by atoms with Crippen molar-refractivity contribution < 1.29 is 23.5 Å². The lowest BCUT2D eigenvalue weighted by molar-refractivity contribution is -0.122. The van der Waals surface area contributed by atoms with Crippen molar-refractivity contribution in [3.05, 3.63) is 35.4 Å². The Bertz CT molecular complexity index is 569.